The predicted molar refractivity (Wildman–Crippen MR) is 107 cm³/mol. The number of nitrogens with one attached hydrogen (secondary N) is 1. The number of nitrogens with zero attached hydrogens (tertiary/aromatic N) is 2. The number of para-hydroxylation sites is 2. The van der Waals surface area contributed by atoms with Crippen molar-refractivity contribution in [1.29, 1.82) is 0 Å². The van der Waals surface area contributed by atoms with Crippen molar-refractivity contribution in [2.45, 2.75) is 19.0 Å². The van der Waals surface area contributed by atoms with Crippen LogP contribution in [0.15, 0.2) is 83.5 Å². The first-order valence-corrected chi connectivity index (χ1v) is 9.20. The molecule has 1 aromatic heterocycles. The van der Waals surface area contributed by atoms with Crippen molar-refractivity contribution in [1.82, 2.24) is 4.90 Å². The van der Waals surface area contributed by atoms with Crippen LogP contribution < -0.4 is 10.2 Å². The molecule has 4 amide bonds. The second kappa shape index (κ2) is 8.02. The van der Waals surface area contributed by atoms with Crippen LogP contribution in [-0.4, -0.2) is 28.8 Å². The molecule has 3 aromatic rings. The number of amides is 4. The Bertz CT molecular complexity index is 1000. The van der Waals surface area contributed by atoms with Crippen molar-refractivity contribution in [2.75, 3.05) is 10.2 Å². The Morgan fingerprint density at radius 3 is 2.28 bits per heavy atom. The van der Waals surface area contributed by atoms with Gasteiger partial charge in [-0.3, -0.25) is 9.59 Å². The molecule has 4 rings (SSSR count). The molecule has 2 aromatic carbocycles. The molecule has 1 fully saturated rings. The van der Waals surface area contributed by atoms with Crippen molar-refractivity contribution in [3.8, 4) is 0 Å². The van der Waals surface area contributed by atoms with Gasteiger partial charge in [-0.1, -0.05) is 36.4 Å². The average Bonchev–Trinajstić information content (AvgIpc) is 3.32. The van der Waals surface area contributed by atoms with Crippen LogP contribution in [0.25, 0.3) is 0 Å². The standard InChI is InChI=1S/C22H19N3O4/c26-20(23-16-8-3-1-4-9-16)14-19-21(27)25(17-10-5-2-6-11-17)22(28)24(19)15-18-12-7-13-29-18/h1-13,19H,14-15H2,(H,23,26)/t19-/m1/s1. The maximum Gasteiger partial charge on any atom is 0.332 e. The van der Waals surface area contributed by atoms with Gasteiger partial charge in [0.1, 0.15) is 11.8 Å². The molecule has 0 saturated carbocycles. The Kier molecular flexibility index (Phi) is 5.11. The summed E-state index contributed by atoms with van der Waals surface area (Å²) in [4.78, 5) is 41.2. The van der Waals surface area contributed by atoms with Crippen molar-refractivity contribution in [3.05, 3.63) is 84.8 Å². The molecule has 1 aliphatic rings. The number of imide groups is 1. The Morgan fingerprint density at radius 2 is 1.62 bits per heavy atom. The van der Waals surface area contributed by atoms with Gasteiger partial charge < -0.3 is 14.6 Å². The summed E-state index contributed by atoms with van der Waals surface area (Å²) in [6, 6.07) is 19.7. The maximum atomic E-state index is 13.1. The van der Waals surface area contributed by atoms with Gasteiger partial charge >= 0.3 is 6.03 Å². The predicted octanol–water partition coefficient (Wildman–Crippen LogP) is 3.65. The van der Waals surface area contributed by atoms with E-state index in [1.54, 1.807) is 66.7 Å². The number of hydrogen-bond donors (Lipinski definition) is 1. The molecule has 0 radical (unpaired) electrons. The lowest BCUT2D eigenvalue weighted by Gasteiger charge is -2.20. The Hall–Kier alpha value is -3.87. The smallest absolute Gasteiger partial charge is 0.332 e. The van der Waals surface area contributed by atoms with E-state index in [2.05, 4.69) is 5.32 Å². The number of carbonyl (C=O) groups is 3. The molecular weight excluding hydrogens is 370 g/mol. The molecule has 7 heteroatoms. The second-order valence-electron chi connectivity index (χ2n) is 6.63. The van der Waals surface area contributed by atoms with E-state index < -0.39 is 18.0 Å². The van der Waals surface area contributed by atoms with Gasteiger partial charge in [-0.25, -0.2) is 9.69 Å². The topological polar surface area (TPSA) is 82.9 Å². The molecule has 7 nitrogen and oxygen atoms in total. The molecule has 0 spiro atoms. The summed E-state index contributed by atoms with van der Waals surface area (Å²) in [6.07, 6.45) is 1.35. The molecule has 1 N–H and O–H groups in total. The largest absolute Gasteiger partial charge is 0.467 e. The zero-order valence-electron chi connectivity index (χ0n) is 15.5. The van der Waals surface area contributed by atoms with Crippen LogP contribution in [0.3, 0.4) is 0 Å². The molecule has 1 saturated heterocycles. The van der Waals surface area contributed by atoms with Gasteiger partial charge in [0.25, 0.3) is 5.91 Å². The summed E-state index contributed by atoms with van der Waals surface area (Å²) >= 11 is 0. The van der Waals surface area contributed by atoms with E-state index in [1.165, 1.54) is 11.2 Å². The summed E-state index contributed by atoms with van der Waals surface area (Å²) in [6.45, 7) is 0.101. The summed E-state index contributed by atoms with van der Waals surface area (Å²) in [5.41, 5.74) is 1.10. The van der Waals surface area contributed by atoms with Gasteiger partial charge in [-0.2, -0.15) is 0 Å². The first kappa shape index (κ1) is 18.5. The highest BCUT2D eigenvalue weighted by Gasteiger charge is 2.46. The fourth-order valence-corrected chi connectivity index (χ4v) is 3.31. The second-order valence-corrected chi connectivity index (χ2v) is 6.63. The number of rotatable bonds is 6. The molecule has 0 unspecified atom stereocenters. The molecule has 1 atom stereocenters. The molecule has 1 aliphatic heterocycles. The summed E-state index contributed by atoms with van der Waals surface area (Å²) in [5.74, 6) is -0.243. The summed E-state index contributed by atoms with van der Waals surface area (Å²) < 4.78 is 5.34. The van der Waals surface area contributed by atoms with E-state index in [1.807, 2.05) is 6.07 Å². The lowest BCUT2D eigenvalue weighted by atomic mass is 10.1. The highest BCUT2D eigenvalue weighted by molar-refractivity contribution is 6.22. The van der Waals surface area contributed by atoms with Gasteiger partial charge in [0.15, 0.2) is 0 Å². The van der Waals surface area contributed by atoms with Crippen LogP contribution in [0.4, 0.5) is 16.2 Å². The number of urea groups is 1. The van der Waals surface area contributed by atoms with Crippen molar-refractivity contribution in [3.63, 3.8) is 0 Å². The first-order valence-electron chi connectivity index (χ1n) is 9.20. The fourth-order valence-electron chi connectivity index (χ4n) is 3.31. The Labute approximate surface area is 167 Å². The summed E-state index contributed by atoms with van der Waals surface area (Å²) in [5, 5.41) is 2.77. The van der Waals surface area contributed by atoms with Crippen LogP contribution in [0.5, 0.6) is 0 Å². The van der Waals surface area contributed by atoms with Crippen LogP contribution in [0.1, 0.15) is 12.2 Å². The normalized spacial score (nSPS) is 16.3. The molecule has 0 bridgehead atoms. The fraction of sp³-hybridized carbons (Fsp3) is 0.136. The number of carbonyl (C=O) groups excluding carboxylic acids is 3. The lowest BCUT2D eigenvalue weighted by molar-refractivity contribution is -0.124. The van der Waals surface area contributed by atoms with Crippen LogP contribution in [0, 0.1) is 0 Å². The lowest BCUT2D eigenvalue weighted by Crippen LogP contribution is -2.37. The molecule has 2 heterocycles. The minimum atomic E-state index is -0.920. The monoisotopic (exact) mass is 389 g/mol. The molecule has 29 heavy (non-hydrogen) atoms. The zero-order chi connectivity index (χ0) is 20.2. The third kappa shape index (κ3) is 3.89. The molecular formula is C22H19N3O4. The van der Waals surface area contributed by atoms with Crippen LogP contribution >= 0.6 is 0 Å². The van der Waals surface area contributed by atoms with Crippen LogP contribution in [0.2, 0.25) is 0 Å². The third-order valence-electron chi connectivity index (χ3n) is 4.68. The quantitative estimate of drug-likeness (QED) is 0.653. The number of benzene rings is 2. The van der Waals surface area contributed by atoms with Gasteiger partial charge in [0.05, 0.1) is 24.9 Å². The highest BCUT2D eigenvalue weighted by atomic mass is 16.3. The number of hydrogen-bond acceptors (Lipinski definition) is 4. The van der Waals surface area contributed by atoms with Crippen molar-refractivity contribution >= 4 is 29.2 Å². The third-order valence-corrected chi connectivity index (χ3v) is 4.68. The zero-order valence-corrected chi connectivity index (χ0v) is 15.5. The average molecular weight is 389 g/mol. The van der Waals surface area contributed by atoms with E-state index >= 15 is 0 Å². The van der Waals surface area contributed by atoms with E-state index in [4.69, 9.17) is 4.42 Å². The van der Waals surface area contributed by atoms with Gasteiger partial charge in [-0.05, 0) is 36.4 Å². The van der Waals surface area contributed by atoms with Crippen LogP contribution in [-0.2, 0) is 16.1 Å². The number of anilines is 2. The Morgan fingerprint density at radius 1 is 0.931 bits per heavy atom. The van der Waals surface area contributed by atoms with Gasteiger partial charge in [0.2, 0.25) is 5.91 Å². The SMILES string of the molecule is O=C(C[C@@H]1C(=O)N(c2ccccc2)C(=O)N1Cc1ccco1)Nc1ccccc1. The highest BCUT2D eigenvalue weighted by Crippen LogP contribution is 2.28. The van der Waals surface area contributed by atoms with E-state index in [9.17, 15) is 14.4 Å². The molecule has 146 valence electrons. The maximum absolute atomic E-state index is 13.1. The number of furan rings is 1. The van der Waals surface area contributed by atoms with E-state index in [-0.39, 0.29) is 18.9 Å². The van der Waals surface area contributed by atoms with Crippen molar-refractivity contribution in [2.24, 2.45) is 0 Å². The first-order chi connectivity index (χ1) is 14.1. The summed E-state index contributed by atoms with van der Waals surface area (Å²) in [7, 11) is 0. The van der Waals surface area contributed by atoms with Crippen molar-refractivity contribution < 1.29 is 18.8 Å². The minimum absolute atomic E-state index is 0.101. The van der Waals surface area contributed by atoms with E-state index in [0.717, 1.165) is 4.90 Å². The molecule has 0 aliphatic carbocycles. The van der Waals surface area contributed by atoms with E-state index in [0.29, 0.717) is 17.1 Å². The Balaban J connectivity index is 1.58. The minimum Gasteiger partial charge on any atom is -0.467 e. The van der Waals surface area contributed by atoms with Gasteiger partial charge in [-0.15, -0.1) is 0 Å². The van der Waals surface area contributed by atoms with Gasteiger partial charge in [0, 0.05) is 5.69 Å².